The fraction of sp³-hybridized carbons (Fsp3) is 0.533. The molecule has 0 aliphatic heterocycles. The SMILES string of the molecule is Cc1cc(F)ccc1S(=O)(=O)N[C@H](C)C(=O)NC1CCCC1. The second-order valence-corrected chi connectivity index (χ2v) is 7.43. The molecule has 1 atom stereocenters. The number of halogens is 1. The molecule has 0 heterocycles. The van der Waals surface area contributed by atoms with Gasteiger partial charge in [-0.1, -0.05) is 12.8 Å². The molecular weight excluding hydrogens is 307 g/mol. The lowest BCUT2D eigenvalue weighted by atomic mass is 10.2. The second-order valence-electron chi connectivity index (χ2n) is 5.74. The first-order valence-electron chi connectivity index (χ1n) is 7.38. The molecule has 2 rings (SSSR count). The van der Waals surface area contributed by atoms with E-state index in [4.69, 9.17) is 0 Å². The maximum Gasteiger partial charge on any atom is 0.241 e. The third kappa shape index (κ3) is 4.04. The van der Waals surface area contributed by atoms with Gasteiger partial charge in [-0.15, -0.1) is 0 Å². The van der Waals surface area contributed by atoms with E-state index in [-0.39, 0.29) is 16.8 Å². The molecule has 1 aliphatic carbocycles. The highest BCUT2D eigenvalue weighted by Crippen LogP contribution is 2.18. The van der Waals surface area contributed by atoms with E-state index in [0.717, 1.165) is 37.8 Å². The summed E-state index contributed by atoms with van der Waals surface area (Å²) < 4.78 is 40.0. The van der Waals surface area contributed by atoms with Crippen molar-refractivity contribution in [3.63, 3.8) is 0 Å². The quantitative estimate of drug-likeness (QED) is 0.866. The molecule has 5 nitrogen and oxygen atoms in total. The van der Waals surface area contributed by atoms with Crippen molar-refractivity contribution in [1.29, 1.82) is 0 Å². The molecular formula is C15H21FN2O3S. The topological polar surface area (TPSA) is 75.3 Å². The lowest BCUT2D eigenvalue weighted by Gasteiger charge is -2.18. The Bertz CT molecular complexity index is 655. The van der Waals surface area contributed by atoms with Gasteiger partial charge in [-0.05, 0) is 50.5 Å². The number of rotatable bonds is 5. The van der Waals surface area contributed by atoms with Gasteiger partial charge in [0, 0.05) is 6.04 Å². The highest BCUT2D eigenvalue weighted by Gasteiger charge is 2.25. The molecule has 7 heteroatoms. The summed E-state index contributed by atoms with van der Waals surface area (Å²) >= 11 is 0. The molecule has 1 saturated carbocycles. The predicted molar refractivity (Wildman–Crippen MR) is 81.3 cm³/mol. The van der Waals surface area contributed by atoms with E-state index in [1.165, 1.54) is 19.9 Å². The van der Waals surface area contributed by atoms with Crippen LogP contribution in [0.25, 0.3) is 0 Å². The van der Waals surface area contributed by atoms with E-state index in [2.05, 4.69) is 10.0 Å². The third-order valence-corrected chi connectivity index (χ3v) is 5.55. The summed E-state index contributed by atoms with van der Waals surface area (Å²) in [5.41, 5.74) is 0.302. The minimum Gasteiger partial charge on any atom is -0.352 e. The Hall–Kier alpha value is -1.47. The molecule has 1 aromatic carbocycles. The van der Waals surface area contributed by atoms with Gasteiger partial charge in [0.25, 0.3) is 0 Å². The number of hydrogen-bond donors (Lipinski definition) is 2. The fourth-order valence-electron chi connectivity index (χ4n) is 2.66. The largest absolute Gasteiger partial charge is 0.352 e. The van der Waals surface area contributed by atoms with Gasteiger partial charge in [0.15, 0.2) is 0 Å². The fourth-order valence-corrected chi connectivity index (χ4v) is 4.09. The summed E-state index contributed by atoms with van der Waals surface area (Å²) in [5.74, 6) is -0.835. The summed E-state index contributed by atoms with van der Waals surface area (Å²) in [4.78, 5) is 12.0. The number of hydrogen-bond acceptors (Lipinski definition) is 3. The summed E-state index contributed by atoms with van der Waals surface area (Å²) in [7, 11) is -3.86. The monoisotopic (exact) mass is 328 g/mol. The van der Waals surface area contributed by atoms with E-state index in [1.54, 1.807) is 0 Å². The van der Waals surface area contributed by atoms with Crippen LogP contribution in [0, 0.1) is 12.7 Å². The number of nitrogens with one attached hydrogen (secondary N) is 2. The van der Waals surface area contributed by atoms with Gasteiger partial charge in [0.1, 0.15) is 5.82 Å². The molecule has 0 aromatic heterocycles. The number of carbonyl (C=O) groups is 1. The number of benzene rings is 1. The number of amides is 1. The molecule has 1 aromatic rings. The molecule has 0 spiro atoms. The van der Waals surface area contributed by atoms with Crippen molar-refractivity contribution < 1.29 is 17.6 Å². The normalized spacial score (nSPS) is 17.4. The maximum atomic E-state index is 13.1. The van der Waals surface area contributed by atoms with Crippen LogP contribution in [-0.4, -0.2) is 26.4 Å². The van der Waals surface area contributed by atoms with Crippen molar-refractivity contribution in [3.8, 4) is 0 Å². The molecule has 0 bridgehead atoms. The smallest absolute Gasteiger partial charge is 0.241 e. The molecule has 122 valence electrons. The Balaban J connectivity index is 2.05. The summed E-state index contributed by atoms with van der Waals surface area (Å²) in [6.07, 6.45) is 4.03. The van der Waals surface area contributed by atoms with E-state index >= 15 is 0 Å². The second kappa shape index (κ2) is 6.75. The van der Waals surface area contributed by atoms with Gasteiger partial charge in [-0.2, -0.15) is 4.72 Å². The van der Waals surface area contributed by atoms with Gasteiger partial charge in [-0.3, -0.25) is 4.79 Å². The van der Waals surface area contributed by atoms with Crippen LogP contribution >= 0.6 is 0 Å². The van der Waals surface area contributed by atoms with Crippen LogP contribution in [0.15, 0.2) is 23.1 Å². The van der Waals surface area contributed by atoms with Crippen LogP contribution in [0.4, 0.5) is 4.39 Å². The van der Waals surface area contributed by atoms with Crippen molar-refractivity contribution in [2.45, 2.75) is 56.5 Å². The Morgan fingerprint density at radius 3 is 2.55 bits per heavy atom. The first-order chi connectivity index (χ1) is 10.3. The molecule has 0 radical (unpaired) electrons. The van der Waals surface area contributed by atoms with Crippen molar-refractivity contribution in [3.05, 3.63) is 29.6 Å². The number of aryl methyl sites for hydroxylation is 1. The van der Waals surface area contributed by atoms with Crippen molar-refractivity contribution >= 4 is 15.9 Å². The summed E-state index contributed by atoms with van der Waals surface area (Å²) in [6, 6.07) is 2.69. The average molecular weight is 328 g/mol. The van der Waals surface area contributed by atoms with Gasteiger partial charge in [0.2, 0.25) is 15.9 Å². The van der Waals surface area contributed by atoms with Crippen LogP contribution < -0.4 is 10.0 Å². The van der Waals surface area contributed by atoms with E-state index in [9.17, 15) is 17.6 Å². The Labute approximate surface area is 130 Å². The van der Waals surface area contributed by atoms with Crippen molar-refractivity contribution in [2.24, 2.45) is 0 Å². The lowest BCUT2D eigenvalue weighted by Crippen LogP contribution is -2.47. The molecule has 1 aliphatic rings. The lowest BCUT2D eigenvalue weighted by molar-refractivity contribution is -0.123. The minimum absolute atomic E-state index is 0.0191. The van der Waals surface area contributed by atoms with E-state index < -0.39 is 21.9 Å². The Morgan fingerprint density at radius 1 is 1.32 bits per heavy atom. The number of sulfonamides is 1. The third-order valence-electron chi connectivity index (χ3n) is 3.85. The van der Waals surface area contributed by atoms with Gasteiger partial charge >= 0.3 is 0 Å². The maximum absolute atomic E-state index is 13.1. The van der Waals surface area contributed by atoms with E-state index in [0.29, 0.717) is 5.56 Å². The van der Waals surface area contributed by atoms with Crippen LogP contribution in [0.3, 0.4) is 0 Å². The average Bonchev–Trinajstić information content (AvgIpc) is 2.90. The molecule has 1 fully saturated rings. The highest BCUT2D eigenvalue weighted by molar-refractivity contribution is 7.89. The van der Waals surface area contributed by atoms with Gasteiger partial charge in [0.05, 0.1) is 10.9 Å². The summed E-state index contributed by atoms with van der Waals surface area (Å²) in [5, 5.41) is 2.85. The first kappa shape index (κ1) is 16.9. The molecule has 1 amide bonds. The van der Waals surface area contributed by atoms with Crippen molar-refractivity contribution in [1.82, 2.24) is 10.0 Å². The molecule has 0 unspecified atom stereocenters. The van der Waals surface area contributed by atoms with Crippen LogP contribution in [0.1, 0.15) is 38.2 Å². The van der Waals surface area contributed by atoms with E-state index in [1.807, 2.05) is 0 Å². The Morgan fingerprint density at radius 2 is 1.95 bits per heavy atom. The minimum atomic E-state index is -3.86. The first-order valence-corrected chi connectivity index (χ1v) is 8.87. The predicted octanol–water partition coefficient (Wildman–Crippen LogP) is 1.86. The zero-order valence-electron chi connectivity index (χ0n) is 12.7. The molecule has 2 N–H and O–H groups in total. The number of carbonyl (C=O) groups excluding carboxylic acids is 1. The standard InChI is InChI=1S/C15H21FN2O3S/c1-10-9-12(16)7-8-14(10)22(20,21)18-11(2)15(19)17-13-5-3-4-6-13/h7-9,11,13,18H,3-6H2,1-2H3,(H,17,19)/t11-/m1/s1. The van der Waals surface area contributed by atoms with Gasteiger partial charge < -0.3 is 5.32 Å². The zero-order chi connectivity index (χ0) is 16.3. The van der Waals surface area contributed by atoms with Crippen LogP contribution in [-0.2, 0) is 14.8 Å². The molecule has 0 saturated heterocycles. The van der Waals surface area contributed by atoms with Gasteiger partial charge in [-0.25, -0.2) is 12.8 Å². The Kier molecular flexibility index (Phi) is 5.18. The summed E-state index contributed by atoms with van der Waals surface area (Å²) in [6.45, 7) is 3.02. The van der Waals surface area contributed by atoms with Crippen molar-refractivity contribution in [2.75, 3.05) is 0 Å². The highest BCUT2D eigenvalue weighted by atomic mass is 32.2. The zero-order valence-corrected chi connectivity index (χ0v) is 13.5. The van der Waals surface area contributed by atoms with Crippen LogP contribution in [0.2, 0.25) is 0 Å². The van der Waals surface area contributed by atoms with Crippen LogP contribution in [0.5, 0.6) is 0 Å². The molecule has 22 heavy (non-hydrogen) atoms.